The fourth-order valence-electron chi connectivity index (χ4n) is 5.11. The van der Waals surface area contributed by atoms with Crippen molar-refractivity contribution in [3.05, 3.63) is 59.7 Å². The highest BCUT2D eigenvalue weighted by atomic mass is 16.5. The van der Waals surface area contributed by atoms with Gasteiger partial charge in [-0.1, -0.05) is 61.9 Å². The molecule has 4 rings (SSSR count). The van der Waals surface area contributed by atoms with Gasteiger partial charge in [0.25, 0.3) is 0 Å². The van der Waals surface area contributed by atoms with Crippen molar-refractivity contribution >= 4 is 18.0 Å². The maximum atomic E-state index is 12.9. The predicted octanol–water partition coefficient (Wildman–Crippen LogP) is 4.06. The number of nitrogens with one attached hydrogen (secondary N) is 2. The van der Waals surface area contributed by atoms with E-state index in [0.29, 0.717) is 19.3 Å². The molecule has 0 heterocycles. The number of carbonyl (C=O) groups is 3. The standard InChI is InChI=1S/C26H30N2O5/c1-3-21(23(29)30)27-24(31)26(2)14-8-13-22(26)28-25(32)33-15-20-18-11-6-4-9-16(18)17-10-5-7-12-19(17)20/h4-7,9-12,20-22H,3,8,13-15H2,1-2H3,(H,27,31)(H,28,32)(H,29,30)/t21-,22?,26?/m0/s1. The van der Waals surface area contributed by atoms with Gasteiger partial charge in [-0.2, -0.15) is 0 Å². The Labute approximate surface area is 193 Å². The van der Waals surface area contributed by atoms with E-state index in [1.54, 1.807) is 13.8 Å². The fourth-order valence-corrected chi connectivity index (χ4v) is 5.11. The van der Waals surface area contributed by atoms with E-state index >= 15 is 0 Å². The van der Waals surface area contributed by atoms with Crippen molar-refractivity contribution in [1.82, 2.24) is 10.6 Å². The molecule has 33 heavy (non-hydrogen) atoms. The van der Waals surface area contributed by atoms with Gasteiger partial charge >= 0.3 is 12.1 Å². The molecule has 0 radical (unpaired) electrons. The molecule has 0 spiro atoms. The van der Waals surface area contributed by atoms with Gasteiger partial charge in [0.05, 0.1) is 5.41 Å². The number of hydrogen-bond acceptors (Lipinski definition) is 4. The van der Waals surface area contributed by atoms with Gasteiger partial charge in [-0.3, -0.25) is 4.79 Å². The van der Waals surface area contributed by atoms with Gasteiger partial charge in [-0.05, 0) is 48.4 Å². The molecule has 3 N–H and O–H groups in total. The van der Waals surface area contributed by atoms with Crippen molar-refractivity contribution in [3.63, 3.8) is 0 Å². The van der Waals surface area contributed by atoms with Crippen LogP contribution in [0.2, 0.25) is 0 Å². The lowest BCUT2D eigenvalue weighted by Gasteiger charge is -2.31. The Morgan fingerprint density at radius 3 is 2.27 bits per heavy atom. The van der Waals surface area contributed by atoms with E-state index in [9.17, 15) is 19.5 Å². The Hall–Kier alpha value is -3.35. The van der Waals surface area contributed by atoms with E-state index < -0.39 is 29.6 Å². The third-order valence-electron chi connectivity index (χ3n) is 7.12. The van der Waals surface area contributed by atoms with Crippen LogP contribution in [-0.4, -0.2) is 41.8 Å². The summed E-state index contributed by atoms with van der Waals surface area (Å²) in [5.74, 6) is -1.45. The highest BCUT2D eigenvalue weighted by molar-refractivity contribution is 5.88. The number of hydrogen-bond donors (Lipinski definition) is 3. The summed E-state index contributed by atoms with van der Waals surface area (Å²) >= 11 is 0. The maximum absolute atomic E-state index is 12.9. The first kappa shape index (κ1) is 22.8. The zero-order valence-corrected chi connectivity index (χ0v) is 19.0. The minimum Gasteiger partial charge on any atom is -0.480 e. The number of aliphatic carboxylic acids is 1. The first-order valence-electron chi connectivity index (χ1n) is 11.5. The van der Waals surface area contributed by atoms with E-state index in [4.69, 9.17) is 4.74 Å². The monoisotopic (exact) mass is 450 g/mol. The highest BCUT2D eigenvalue weighted by Gasteiger charge is 2.46. The van der Waals surface area contributed by atoms with Crippen LogP contribution in [0.4, 0.5) is 4.79 Å². The van der Waals surface area contributed by atoms with Gasteiger partial charge in [0.15, 0.2) is 0 Å². The summed E-state index contributed by atoms with van der Waals surface area (Å²) in [7, 11) is 0. The average Bonchev–Trinajstić information content (AvgIpc) is 3.34. The molecule has 2 aromatic carbocycles. The minimum atomic E-state index is -1.06. The van der Waals surface area contributed by atoms with Crippen LogP contribution in [-0.2, 0) is 14.3 Å². The smallest absolute Gasteiger partial charge is 0.407 e. The molecule has 1 saturated carbocycles. The number of ether oxygens (including phenoxy) is 1. The van der Waals surface area contributed by atoms with Gasteiger partial charge < -0.3 is 20.5 Å². The van der Waals surface area contributed by atoms with Crippen LogP contribution in [0.5, 0.6) is 0 Å². The SMILES string of the molecule is CC[C@H](NC(=O)C1(C)CCCC1NC(=O)OCC1c2ccccc2-c2ccccc21)C(=O)O. The first-order chi connectivity index (χ1) is 15.8. The van der Waals surface area contributed by atoms with Crippen LogP contribution in [0.1, 0.15) is 56.6 Å². The Bertz CT molecular complexity index is 1020. The quantitative estimate of drug-likeness (QED) is 0.590. The van der Waals surface area contributed by atoms with Crippen molar-refractivity contribution in [2.24, 2.45) is 5.41 Å². The Kier molecular flexibility index (Phi) is 6.40. The lowest BCUT2D eigenvalue weighted by molar-refractivity contribution is -0.144. The molecular weight excluding hydrogens is 420 g/mol. The number of carboxylic acids is 1. The third-order valence-corrected chi connectivity index (χ3v) is 7.12. The van der Waals surface area contributed by atoms with Gasteiger partial charge in [0.2, 0.25) is 5.91 Å². The third kappa shape index (κ3) is 4.32. The number of benzene rings is 2. The zero-order chi connectivity index (χ0) is 23.6. The second-order valence-corrected chi connectivity index (χ2v) is 9.10. The number of carboxylic acid groups (broad SMARTS) is 1. The summed E-state index contributed by atoms with van der Waals surface area (Å²) in [6.45, 7) is 3.69. The van der Waals surface area contributed by atoms with E-state index in [2.05, 4.69) is 34.9 Å². The van der Waals surface area contributed by atoms with Crippen molar-refractivity contribution in [1.29, 1.82) is 0 Å². The second kappa shape index (κ2) is 9.25. The molecule has 0 aromatic heterocycles. The molecule has 1 fully saturated rings. The summed E-state index contributed by atoms with van der Waals surface area (Å²) in [6.07, 6.45) is 1.71. The van der Waals surface area contributed by atoms with Gasteiger partial charge in [-0.25, -0.2) is 9.59 Å². The molecule has 2 aliphatic carbocycles. The zero-order valence-electron chi connectivity index (χ0n) is 19.0. The number of carbonyl (C=O) groups excluding carboxylic acids is 2. The fraction of sp³-hybridized carbons (Fsp3) is 0.423. The van der Waals surface area contributed by atoms with E-state index in [-0.39, 0.29) is 18.4 Å². The van der Waals surface area contributed by atoms with Crippen molar-refractivity contribution < 1.29 is 24.2 Å². The van der Waals surface area contributed by atoms with Gasteiger partial charge in [-0.15, -0.1) is 0 Å². The summed E-state index contributed by atoms with van der Waals surface area (Å²) in [4.78, 5) is 37.0. The molecule has 2 unspecified atom stereocenters. The lowest BCUT2D eigenvalue weighted by Crippen LogP contribution is -2.54. The van der Waals surface area contributed by atoms with Crippen LogP contribution >= 0.6 is 0 Å². The summed E-state index contributed by atoms with van der Waals surface area (Å²) in [6, 6.07) is 14.9. The summed E-state index contributed by atoms with van der Waals surface area (Å²) in [5.41, 5.74) is 3.71. The number of amides is 2. The first-order valence-corrected chi connectivity index (χ1v) is 11.5. The van der Waals surface area contributed by atoms with Crippen LogP contribution in [0.15, 0.2) is 48.5 Å². The molecule has 0 aliphatic heterocycles. The number of alkyl carbamates (subject to hydrolysis) is 1. The molecule has 0 saturated heterocycles. The van der Waals surface area contributed by atoms with Crippen molar-refractivity contribution in [2.75, 3.05) is 6.61 Å². The van der Waals surface area contributed by atoms with E-state index in [1.807, 2.05) is 24.3 Å². The van der Waals surface area contributed by atoms with E-state index in [0.717, 1.165) is 28.7 Å². The second-order valence-electron chi connectivity index (χ2n) is 9.10. The molecule has 2 amide bonds. The molecule has 3 atom stereocenters. The van der Waals surface area contributed by atoms with Crippen LogP contribution in [0.3, 0.4) is 0 Å². The van der Waals surface area contributed by atoms with Crippen molar-refractivity contribution in [2.45, 2.75) is 57.5 Å². The van der Waals surface area contributed by atoms with Gasteiger partial charge in [0.1, 0.15) is 12.6 Å². The summed E-state index contributed by atoms with van der Waals surface area (Å²) in [5, 5.41) is 14.8. The number of fused-ring (bicyclic) bond motifs is 3. The minimum absolute atomic E-state index is 0.0395. The Morgan fingerprint density at radius 1 is 1.09 bits per heavy atom. The van der Waals surface area contributed by atoms with Crippen molar-refractivity contribution in [3.8, 4) is 11.1 Å². The molecule has 2 aromatic rings. The van der Waals surface area contributed by atoms with Crippen LogP contribution in [0, 0.1) is 5.41 Å². The molecule has 2 aliphatic rings. The maximum Gasteiger partial charge on any atom is 0.407 e. The van der Waals surface area contributed by atoms with E-state index in [1.165, 1.54) is 0 Å². The molecule has 7 nitrogen and oxygen atoms in total. The molecule has 0 bridgehead atoms. The van der Waals surface area contributed by atoms with Crippen LogP contribution < -0.4 is 10.6 Å². The predicted molar refractivity (Wildman–Crippen MR) is 124 cm³/mol. The topological polar surface area (TPSA) is 105 Å². The Balaban J connectivity index is 1.41. The average molecular weight is 451 g/mol. The normalized spacial score (nSPS) is 22.2. The Morgan fingerprint density at radius 2 is 1.70 bits per heavy atom. The molecule has 174 valence electrons. The van der Waals surface area contributed by atoms with Crippen LogP contribution in [0.25, 0.3) is 11.1 Å². The number of rotatable bonds is 7. The summed E-state index contributed by atoms with van der Waals surface area (Å²) < 4.78 is 5.64. The largest absolute Gasteiger partial charge is 0.480 e. The lowest BCUT2D eigenvalue weighted by atomic mass is 9.83. The molecular formula is C26H30N2O5. The highest BCUT2D eigenvalue weighted by Crippen LogP contribution is 2.44. The molecule has 7 heteroatoms. The van der Waals surface area contributed by atoms with Gasteiger partial charge in [0, 0.05) is 12.0 Å².